The second kappa shape index (κ2) is 8.16. The molecule has 3 aliphatic heterocycles. The lowest BCUT2D eigenvalue weighted by atomic mass is 9.89. The van der Waals surface area contributed by atoms with Crippen molar-refractivity contribution < 1.29 is 19.1 Å². The largest absolute Gasteiger partial charge is 0.465 e. The van der Waals surface area contributed by atoms with E-state index in [0.717, 1.165) is 18.4 Å². The number of pyridine rings is 1. The Labute approximate surface area is 192 Å². The molecule has 1 amide bonds. The van der Waals surface area contributed by atoms with Crippen LogP contribution in [0.3, 0.4) is 0 Å². The van der Waals surface area contributed by atoms with Gasteiger partial charge in [0.25, 0.3) is 5.91 Å². The van der Waals surface area contributed by atoms with E-state index in [4.69, 9.17) is 9.47 Å². The van der Waals surface area contributed by atoms with E-state index in [-0.39, 0.29) is 29.4 Å². The van der Waals surface area contributed by atoms with Crippen molar-refractivity contribution in [1.29, 1.82) is 5.26 Å². The molecule has 8 heteroatoms. The molecule has 4 heterocycles. The number of anilines is 1. The molecule has 3 saturated heterocycles. The number of aryl methyl sites for hydroxylation is 1. The summed E-state index contributed by atoms with van der Waals surface area (Å²) in [6, 6.07) is 14.0. The Morgan fingerprint density at radius 3 is 2.64 bits per heavy atom. The first-order chi connectivity index (χ1) is 16.0. The van der Waals surface area contributed by atoms with Crippen molar-refractivity contribution in [3.8, 4) is 6.07 Å². The number of carbonyl (C=O) groups excluding carboxylic acids is 2. The van der Waals surface area contributed by atoms with Crippen molar-refractivity contribution in [2.75, 3.05) is 25.1 Å². The summed E-state index contributed by atoms with van der Waals surface area (Å²) in [7, 11) is 1.28. The molecule has 0 saturated carbocycles. The fraction of sp³-hybridized carbons (Fsp3) is 0.440. The van der Waals surface area contributed by atoms with Crippen molar-refractivity contribution in [1.82, 2.24) is 9.88 Å². The van der Waals surface area contributed by atoms with Gasteiger partial charge in [-0.25, -0.2) is 9.78 Å². The SMILES string of the molecule is COC(=O)c1c(C)cc(N2CCC3(CC2)OC2CCC(c4ccccc4)N2C3=O)nc1C#N. The van der Waals surface area contributed by atoms with E-state index >= 15 is 0 Å². The van der Waals surface area contributed by atoms with E-state index in [1.54, 1.807) is 13.0 Å². The van der Waals surface area contributed by atoms with Crippen LogP contribution < -0.4 is 4.90 Å². The summed E-state index contributed by atoms with van der Waals surface area (Å²) < 4.78 is 11.2. The molecule has 5 rings (SSSR count). The molecule has 3 fully saturated rings. The maximum atomic E-state index is 13.6. The van der Waals surface area contributed by atoms with E-state index < -0.39 is 11.6 Å². The molecule has 170 valence electrons. The average molecular weight is 447 g/mol. The molecule has 2 atom stereocenters. The molecule has 33 heavy (non-hydrogen) atoms. The number of hydrogen-bond donors (Lipinski definition) is 0. The van der Waals surface area contributed by atoms with E-state index in [1.807, 2.05) is 29.2 Å². The highest BCUT2D eigenvalue weighted by atomic mass is 16.6. The van der Waals surface area contributed by atoms with Crippen LogP contribution in [0, 0.1) is 18.3 Å². The van der Waals surface area contributed by atoms with Crippen LogP contribution in [0.1, 0.15) is 58.9 Å². The maximum Gasteiger partial charge on any atom is 0.341 e. The zero-order chi connectivity index (χ0) is 23.2. The van der Waals surface area contributed by atoms with Gasteiger partial charge in [-0.3, -0.25) is 4.79 Å². The van der Waals surface area contributed by atoms with Crippen LogP contribution >= 0.6 is 0 Å². The lowest BCUT2D eigenvalue weighted by Crippen LogP contribution is -2.50. The van der Waals surface area contributed by atoms with Crippen molar-refractivity contribution in [2.45, 2.75) is 50.5 Å². The Bertz CT molecular complexity index is 1140. The number of nitrogens with zero attached hydrogens (tertiary/aromatic N) is 4. The Hall–Kier alpha value is -3.44. The normalized spacial score (nSPS) is 23.5. The number of ether oxygens (including phenoxy) is 2. The Kier molecular flexibility index (Phi) is 5.29. The summed E-state index contributed by atoms with van der Waals surface area (Å²) in [5.74, 6) is 0.139. The number of methoxy groups -OCH3 is 1. The van der Waals surface area contributed by atoms with Crippen LogP contribution in [-0.4, -0.2) is 53.8 Å². The van der Waals surface area contributed by atoms with Gasteiger partial charge < -0.3 is 19.3 Å². The van der Waals surface area contributed by atoms with E-state index in [2.05, 4.69) is 22.0 Å². The minimum atomic E-state index is -0.798. The summed E-state index contributed by atoms with van der Waals surface area (Å²) >= 11 is 0. The number of piperidine rings is 1. The third kappa shape index (κ3) is 3.44. The number of nitriles is 1. The molecular weight excluding hydrogens is 420 g/mol. The van der Waals surface area contributed by atoms with E-state index in [1.165, 1.54) is 7.11 Å². The number of carbonyl (C=O) groups is 2. The van der Waals surface area contributed by atoms with Crippen LogP contribution in [0.5, 0.6) is 0 Å². The fourth-order valence-corrected chi connectivity index (χ4v) is 5.40. The van der Waals surface area contributed by atoms with Gasteiger partial charge in [-0.05, 0) is 37.0 Å². The predicted molar refractivity (Wildman–Crippen MR) is 119 cm³/mol. The number of benzene rings is 1. The number of amides is 1. The van der Waals surface area contributed by atoms with Crippen LogP contribution in [0.25, 0.3) is 0 Å². The molecule has 0 aliphatic carbocycles. The van der Waals surface area contributed by atoms with Crippen LogP contribution in [0.2, 0.25) is 0 Å². The van der Waals surface area contributed by atoms with Gasteiger partial charge in [-0.1, -0.05) is 30.3 Å². The van der Waals surface area contributed by atoms with Crippen molar-refractivity contribution >= 4 is 17.7 Å². The lowest BCUT2D eigenvalue weighted by Gasteiger charge is -2.38. The zero-order valence-corrected chi connectivity index (χ0v) is 18.8. The van der Waals surface area contributed by atoms with Gasteiger partial charge >= 0.3 is 5.97 Å². The predicted octanol–water partition coefficient (Wildman–Crippen LogP) is 3.11. The Balaban J connectivity index is 1.34. The third-order valence-corrected chi connectivity index (χ3v) is 7.10. The van der Waals surface area contributed by atoms with Crippen LogP contribution in [0.15, 0.2) is 36.4 Å². The molecule has 3 aliphatic rings. The monoisotopic (exact) mass is 446 g/mol. The highest BCUT2D eigenvalue weighted by Gasteiger charge is 2.58. The molecule has 0 bridgehead atoms. The highest BCUT2D eigenvalue weighted by molar-refractivity contribution is 5.93. The molecule has 1 spiro atoms. The van der Waals surface area contributed by atoms with Gasteiger partial charge in [0.2, 0.25) is 0 Å². The molecule has 2 unspecified atom stereocenters. The zero-order valence-electron chi connectivity index (χ0n) is 18.8. The second-order valence-electron chi connectivity index (χ2n) is 8.89. The molecular formula is C25H26N4O4. The molecule has 1 aromatic carbocycles. The first-order valence-electron chi connectivity index (χ1n) is 11.3. The van der Waals surface area contributed by atoms with Crippen LogP contribution in [-0.2, 0) is 14.3 Å². The fourth-order valence-electron chi connectivity index (χ4n) is 5.40. The van der Waals surface area contributed by atoms with Gasteiger partial charge in [-0.2, -0.15) is 5.26 Å². The minimum absolute atomic E-state index is 0.0525. The smallest absolute Gasteiger partial charge is 0.341 e. The first kappa shape index (κ1) is 21.4. The topological polar surface area (TPSA) is 95.8 Å². The lowest BCUT2D eigenvalue weighted by molar-refractivity contribution is -0.140. The summed E-state index contributed by atoms with van der Waals surface area (Å²) in [5.41, 5.74) is 1.24. The second-order valence-corrected chi connectivity index (χ2v) is 8.89. The summed E-state index contributed by atoms with van der Waals surface area (Å²) in [4.78, 5) is 34.0. The number of aromatic nitrogens is 1. The molecule has 2 aromatic rings. The average Bonchev–Trinajstić information content (AvgIpc) is 3.37. The number of rotatable bonds is 3. The van der Waals surface area contributed by atoms with Crippen molar-refractivity contribution in [3.05, 3.63) is 58.8 Å². The molecule has 1 aromatic heterocycles. The first-order valence-corrected chi connectivity index (χ1v) is 11.3. The van der Waals surface area contributed by atoms with Crippen molar-refractivity contribution in [2.24, 2.45) is 0 Å². The molecule has 8 nitrogen and oxygen atoms in total. The van der Waals surface area contributed by atoms with Gasteiger partial charge in [0, 0.05) is 25.9 Å². The minimum Gasteiger partial charge on any atom is -0.465 e. The summed E-state index contributed by atoms with van der Waals surface area (Å²) in [6.45, 7) is 2.93. The van der Waals surface area contributed by atoms with E-state index in [0.29, 0.717) is 37.3 Å². The van der Waals surface area contributed by atoms with Crippen molar-refractivity contribution in [3.63, 3.8) is 0 Å². The third-order valence-electron chi connectivity index (χ3n) is 7.10. The summed E-state index contributed by atoms with van der Waals surface area (Å²) in [5, 5.41) is 9.51. The standard InChI is InChI=1S/C25H26N4O4/c1-16-14-20(27-18(15-26)22(16)23(30)32-2)28-12-10-25(11-13-28)24(31)29-19(8-9-21(29)33-25)17-6-4-3-5-7-17/h3-7,14,19,21H,8-13H2,1-2H3. The highest BCUT2D eigenvalue weighted by Crippen LogP contribution is 2.47. The summed E-state index contributed by atoms with van der Waals surface area (Å²) in [6.07, 6.45) is 2.70. The van der Waals surface area contributed by atoms with E-state index in [9.17, 15) is 14.9 Å². The Morgan fingerprint density at radius 2 is 1.97 bits per heavy atom. The quantitative estimate of drug-likeness (QED) is 0.669. The van der Waals surface area contributed by atoms with Gasteiger partial charge in [-0.15, -0.1) is 0 Å². The maximum absolute atomic E-state index is 13.6. The number of esters is 1. The van der Waals surface area contributed by atoms with Crippen LogP contribution in [0.4, 0.5) is 5.82 Å². The van der Waals surface area contributed by atoms with Gasteiger partial charge in [0.15, 0.2) is 11.3 Å². The molecule has 0 radical (unpaired) electrons. The Morgan fingerprint density at radius 1 is 1.24 bits per heavy atom. The number of hydrogen-bond acceptors (Lipinski definition) is 7. The van der Waals surface area contributed by atoms with Gasteiger partial charge in [0.1, 0.15) is 18.1 Å². The molecule has 0 N–H and O–H groups in total. The number of fused-ring (bicyclic) bond motifs is 1. The van der Waals surface area contributed by atoms with Gasteiger partial charge in [0.05, 0.1) is 18.7 Å².